The van der Waals surface area contributed by atoms with E-state index in [9.17, 15) is 15.0 Å². The van der Waals surface area contributed by atoms with Crippen molar-refractivity contribution < 1.29 is 15.0 Å². The van der Waals surface area contributed by atoms with Gasteiger partial charge in [-0.1, -0.05) is 38.8 Å². The molecule has 0 aromatic rings. The maximum Gasteiger partial charge on any atom is 0.307 e. The highest BCUT2D eigenvalue weighted by molar-refractivity contribution is 5.72. The van der Waals surface area contributed by atoms with Gasteiger partial charge in [-0.2, -0.15) is 0 Å². The van der Waals surface area contributed by atoms with Gasteiger partial charge in [0.15, 0.2) is 0 Å². The smallest absolute Gasteiger partial charge is 0.307 e. The number of aliphatic carboxylic acids is 1. The number of carboxylic acids is 1. The van der Waals surface area contributed by atoms with E-state index in [4.69, 9.17) is 0 Å². The lowest BCUT2D eigenvalue weighted by molar-refractivity contribution is -0.143. The van der Waals surface area contributed by atoms with Gasteiger partial charge in [0, 0.05) is 0 Å². The van der Waals surface area contributed by atoms with Crippen molar-refractivity contribution in [2.75, 3.05) is 0 Å². The number of aliphatic hydroxyl groups is 1. The van der Waals surface area contributed by atoms with Crippen molar-refractivity contribution in [1.82, 2.24) is 0 Å². The molecule has 3 aliphatic rings. The Balaban J connectivity index is 1.84. The molecule has 0 spiro atoms. The van der Waals surface area contributed by atoms with E-state index in [1.165, 1.54) is 12.8 Å². The maximum absolute atomic E-state index is 11.5. The lowest BCUT2D eigenvalue weighted by atomic mass is 9.57. The van der Waals surface area contributed by atoms with Gasteiger partial charge in [0.1, 0.15) is 0 Å². The minimum Gasteiger partial charge on any atom is -0.481 e. The van der Waals surface area contributed by atoms with Crippen molar-refractivity contribution >= 4 is 5.97 Å². The standard InChI is InChI=1S/C18H28O3/c1-17(2,13-5-3-4-6-14(19)9-13)18-8-7-12(10-18)15(11-18)16(20)21/h7-8,12-15,19H,3-6,9-11H2,1-2H3,(H,20,21). The van der Waals surface area contributed by atoms with Crippen molar-refractivity contribution in [3.05, 3.63) is 12.2 Å². The first-order valence-electron chi connectivity index (χ1n) is 8.46. The maximum atomic E-state index is 11.5. The Bertz CT molecular complexity index is 453. The number of carbonyl (C=O) groups is 1. The first-order chi connectivity index (χ1) is 9.86. The van der Waals surface area contributed by atoms with E-state index in [0.717, 1.165) is 32.1 Å². The molecule has 0 saturated heterocycles. The Morgan fingerprint density at radius 3 is 2.62 bits per heavy atom. The largest absolute Gasteiger partial charge is 0.481 e. The molecule has 2 fully saturated rings. The van der Waals surface area contributed by atoms with Crippen molar-refractivity contribution in [3.63, 3.8) is 0 Å². The summed E-state index contributed by atoms with van der Waals surface area (Å²) in [6.45, 7) is 4.62. The molecule has 2 saturated carbocycles. The molecule has 0 heterocycles. The SMILES string of the molecule is CC(C)(C1CCCCC(O)C1)C12C=CC(C1)C(C(=O)O)C2. The summed E-state index contributed by atoms with van der Waals surface area (Å²) in [6.07, 6.45) is 11.3. The van der Waals surface area contributed by atoms with Crippen LogP contribution in [0, 0.1) is 28.6 Å². The highest BCUT2D eigenvalue weighted by Gasteiger charge is 2.58. The summed E-state index contributed by atoms with van der Waals surface area (Å²) in [5.74, 6) is -0.128. The highest BCUT2D eigenvalue weighted by atomic mass is 16.4. The summed E-state index contributed by atoms with van der Waals surface area (Å²) in [7, 11) is 0. The summed E-state index contributed by atoms with van der Waals surface area (Å²) in [6, 6.07) is 0. The van der Waals surface area contributed by atoms with Gasteiger partial charge >= 0.3 is 5.97 Å². The first-order valence-corrected chi connectivity index (χ1v) is 8.46. The molecule has 0 amide bonds. The minimum atomic E-state index is -0.636. The molecule has 3 nitrogen and oxygen atoms in total. The van der Waals surface area contributed by atoms with Crippen molar-refractivity contribution in [1.29, 1.82) is 0 Å². The molecule has 21 heavy (non-hydrogen) atoms. The minimum absolute atomic E-state index is 0.0233. The molecule has 3 heteroatoms. The van der Waals surface area contributed by atoms with Gasteiger partial charge in [-0.3, -0.25) is 4.79 Å². The third-order valence-electron chi connectivity index (χ3n) is 6.88. The third kappa shape index (κ3) is 2.34. The van der Waals surface area contributed by atoms with Crippen LogP contribution in [0.25, 0.3) is 0 Å². The predicted octanol–water partition coefficient (Wildman–Crippen LogP) is 3.62. The zero-order valence-electron chi connectivity index (χ0n) is 13.2. The molecule has 0 aliphatic heterocycles. The Kier molecular flexibility index (Phi) is 3.67. The second-order valence-electron chi connectivity index (χ2n) is 8.12. The van der Waals surface area contributed by atoms with Crippen LogP contribution in [-0.2, 0) is 4.79 Å². The van der Waals surface area contributed by atoms with Gasteiger partial charge in [-0.05, 0) is 54.8 Å². The molecule has 2 N–H and O–H groups in total. The highest BCUT2D eigenvalue weighted by Crippen LogP contribution is 2.64. The average molecular weight is 292 g/mol. The van der Waals surface area contributed by atoms with Gasteiger partial charge in [-0.15, -0.1) is 0 Å². The first kappa shape index (κ1) is 15.1. The van der Waals surface area contributed by atoms with Crippen LogP contribution in [0.4, 0.5) is 0 Å². The number of allylic oxidation sites excluding steroid dienone is 2. The number of carboxylic acid groups (broad SMARTS) is 1. The van der Waals surface area contributed by atoms with E-state index in [2.05, 4.69) is 26.0 Å². The molecule has 0 aromatic heterocycles. The molecule has 2 bridgehead atoms. The topological polar surface area (TPSA) is 57.5 Å². The van der Waals surface area contributed by atoms with Gasteiger partial charge in [-0.25, -0.2) is 0 Å². The van der Waals surface area contributed by atoms with E-state index in [0.29, 0.717) is 5.92 Å². The van der Waals surface area contributed by atoms with E-state index >= 15 is 0 Å². The lowest BCUT2D eigenvalue weighted by Crippen LogP contribution is -2.41. The average Bonchev–Trinajstić information content (AvgIpc) is 2.95. The Hall–Kier alpha value is -0.830. The monoisotopic (exact) mass is 292 g/mol. The van der Waals surface area contributed by atoms with E-state index in [-0.39, 0.29) is 28.8 Å². The van der Waals surface area contributed by atoms with Crippen LogP contribution >= 0.6 is 0 Å². The van der Waals surface area contributed by atoms with Gasteiger partial charge in [0.05, 0.1) is 12.0 Å². The summed E-state index contributed by atoms with van der Waals surface area (Å²) in [4.78, 5) is 11.5. The number of rotatable bonds is 3. The van der Waals surface area contributed by atoms with E-state index < -0.39 is 5.97 Å². The number of hydrogen-bond donors (Lipinski definition) is 2. The van der Waals surface area contributed by atoms with Crippen LogP contribution < -0.4 is 0 Å². The van der Waals surface area contributed by atoms with Crippen LogP contribution in [0.15, 0.2) is 12.2 Å². The molecule has 3 aliphatic carbocycles. The van der Waals surface area contributed by atoms with E-state index in [1.807, 2.05) is 0 Å². The zero-order chi connectivity index (χ0) is 15.3. The van der Waals surface area contributed by atoms with Crippen LogP contribution in [0.3, 0.4) is 0 Å². The van der Waals surface area contributed by atoms with Crippen molar-refractivity contribution in [3.8, 4) is 0 Å². The van der Waals surface area contributed by atoms with Crippen LogP contribution in [-0.4, -0.2) is 22.3 Å². The quantitative estimate of drug-likeness (QED) is 0.617. The number of hydrogen-bond acceptors (Lipinski definition) is 2. The third-order valence-corrected chi connectivity index (χ3v) is 6.88. The predicted molar refractivity (Wildman–Crippen MR) is 81.8 cm³/mol. The van der Waals surface area contributed by atoms with Crippen molar-refractivity contribution in [2.24, 2.45) is 28.6 Å². The second kappa shape index (κ2) is 5.12. The zero-order valence-corrected chi connectivity index (χ0v) is 13.2. The fraction of sp³-hybridized carbons (Fsp3) is 0.833. The van der Waals surface area contributed by atoms with E-state index in [1.54, 1.807) is 0 Å². The van der Waals surface area contributed by atoms with Crippen LogP contribution in [0.1, 0.15) is 58.8 Å². The Labute approximate surface area is 127 Å². The Morgan fingerprint density at radius 1 is 1.24 bits per heavy atom. The fourth-order valence-corrected chi connectivity index (χ4v) is 5.24. The normalized spacial score (nSPS) is 43.0. The Morgan fingerprint density at radius 2 is 1.95 bits per heavy atom. The molecule has 3 rings (SSSR count). The van der Waals surface area contributed by atoms with Crippen LogP contribution in [0.2, 0.25) is 0 Å². The van der Waals surface area contributed by atoms with Gasteiger partial charge in [0.25, 0.3) is 0 Å². The van der Waals surface area contributed by atoms with Crippen LogP contribution in [0.5, 0.6) is 0 Å². The second-order valence-corrected chi connectivity index (χ2v) is 8.12. The molecule has 5 atom stereocenters. The van der Waals surface area contributed by atoms with Crippen molar-refractivity contribution in [2.45, 2.75) is 64.9 Å². The molecule has 0 aromatic carbocycles. The summed E-state index contributed by atoms with van der Waals surface area (Å²) in [5, 5.41) is 19.6. The summed E-state index contributed by atoms with van der Waals surface area (Å²) in [5.41, 5.74) is 0.0865. The summed E-state index contributed by atoms with van der Waals surface area (Å²) < 4.78 is 0. The molecular weight excluding hydrogens is 264 g/mol. The van der Waals surface area contributed by atoms with Gasteiger partial charge < -0.3 is 10.2 Å². The molecule has 0 radical (unpaired) electrons. The van der Waals surface area contributed by atoms with Gasteiger partial charge in [0.2, 0.25) is 0 Å². The lowest BCUT2D eigenvalue weighted by Gasteiger charge is -2.48. The molecule has 118 valence electrons. The molecule has 5 unspecified atom stereocenters. The fourth-order valence-electron chi connectivity index (χ4n) is 5.24. The molecular formula is C18H28O3. The number of fused-ring (bicyclic) bond motifs is 2. The summed E-state index contributed by atoms with van der Waals surface area (Å²) >= 11 is 0. The number of aliphatic hydroxyl groups excluding tert-OH is 1.